The Bertz CT molecular complexity index is 534. The summed E-state index contributed by atoms with van der Waals surface area (Å²) in [4.78, 5) is 2.38. The number of aromatic nitrogens is 2. The van der Waals surface area contributed by atoms with E-state index >= 15 is 0 Å². The van der Waals surface area contributed by atoms with E-state index in [9.17, 15) is 0 Å². The molecule has 0 radical (unpaired) electrons. The van der Waals surface area contributed by atoms with E-state index in [0.29, 0.717) is 12.0 Å². The van der Waals surface area contributed by atoms with Gasteiger partial charge in [-0.3, -0.25) is 4.90 Å². The molecule has 0 spiro atoms. The zero-order valence-corrected chi connectivity index (χ0v) is 11.2. The van der Waals surface area contributed by atoms with Crippen LogP contribution < -0.4 is 5.73 Å². The van der Waals surface area contributed by atoms with E-state index in [0.717, 1.165) is 18.8 Å². The molecule has 0 bridgehead atoms. The number of benzene rings is 1. The van der Waals surface area contributed by atoms with Crippen molar-refractivity contribution < 1.29 is 0 Å². The van der Waals surface area contributed by atoms with Gasteiger partial charge in [-0.15, -0.1) is 0 Å². The lowest BCUT2D eigenvalue weighted by Crippen LogP contribution is -2.24. The van der Waals surface area contributed by atoms with Crippen LogP contribution in [0.3, 0.4) is 0 Å². The van der Waals surface area contributed by atoms with Gasteiger partial charge in [0, 0.05) is 17.8 Å². The van der Waals surface area contributed by atoms with Crippen LogP contribution in [0, 0.1) is 5.92 Å². The lowest BCUT2D eigenvalue weighted by Gasteiger charge is -2.22. The Kier molecular flexibility index (Phi) is 3.36. The Morgan fingerprint density at radius 3 is 2.84 bits per heavy atom. The highest BCUT2D eigenvalue weighted by Crippen LogP contribution is 2.35. The van der Waals surface area contributed by atoms with Gasteiger partial charge in [0.2, 0.25) is 0 Å². The minimum absolute atomic E-state index is 0.405. The number of hydrogen-bond donors (Lipinski definition) is 1. The molecule has 1 aromatic heterocycles. The van der Waals surface area contributed by atoms with Gasteiger partial charge in [0.25, 0.3) is 0 Å². The van der Waals surface area contributed by atoms with E-state index < -0.39 is 0 Å². The fraction of sp³-hybridized carbons (Fsp3) is 0.400. The number of hydrogen-bond acceptors (Lipinski definition) is 3. The minimum Gasteiger partial charge on any atom is -0.330 e. The summed E-state index contributed by atoms with van der Waals surface area (Å²) in [6, 6.07) is 10.6. The molecule has 0 amide bonds. The average molecular weight is 256 g/mol. The first-order valence-corrected chi connectivity index (χ1v) is 6.80. The molecule has 1 aliphatic heterocycles. The van der Waals surface area contributed by atoms with Gasteiger partial charge in [0.15, 0.2) is 0 Å². The van der Waals surface area contributed by atoms with Crippen molar-refractivity contribution >= 4 is 0 Å². The van der Waals surface area contributed by atoms with Gasteiger partial charge in [0.1, 0.15) is 0 Å². The third kappa shape index (κ3) is 2.29. The number of likely N-dealkylation sites (tertiary alicyclic amines) is 1. The molecule has 1 aromatic carbocycles. The molecule has 100 valence electrons. The van der Waals surface area contributed by atoms with Gasteiger partial charge < -0.3 is 5.73 Å². The van der Waals surface area contributed by atoms with Crippen LogP contribution >= 0.6 is 0 Å². The molecule has 3 rings (SSSR count). The topological polar surface area (TPSA) is 47.1 Å². The predicted molar refractivity (Wildman–Crippen MR) is 76.1 cm³/mol. The molecule has 2 N–H and O–H groups in total. The van der Waals surface area contributed by atoms with E-state index in [1.807, 2.05) is 29.1 Å². The second-order valence-corrected chi connectivity index (χ2v) is 5.26. The lowest BCUT2D eigenvalue weighted by atomic mass is 9.96. The van der Waals surface area contributed by atoms with Crippen molar-refractivity contribution in [2.45, 2.75) is 12.5 Å². The standard InChI is InChI=1S/C15H20N4/c1-18-8-7-12(9-16)15(18)13-10-17-19(11-13)14-5-3-2-4-6-14/h2-6,10-12,15H,7-9,16H2,1H3. The molecule has 2 unspecified atom stereocenters. The highest BCUT2D eigenvalue weighted by atomic mass is 15.3. The molecule has 2 atom stereocenters. The van der Waals surface area contributed by atoms with Crippen LogP contribution in [-0.2, 0) is 0 Å². The summed E-state index contributed by atoms with van der Waals surface area (Å²) in [5.74, 6) is 0.540. The van der Waals surface area contributed by atoms with E-state index in [1.165, 1.54) is 12.0 Å². The monoisotopic (exact) mass is 256 g/mol. The molecule has 1 fully saturated rings. The molecule has 4 nitrogen and oxygen atoms in total. The van der Waals surface area contributed by atoms with Gasteiger partial charge in [-0.2, -0.15) is 5.10 Å². The smallest absolute Gasteiger partial charge is 0.0645 e. The first kappa shape index (κ1) is 12.4. The predicted octanol–water partition coefficient (Wildman–Crippen LogP) is 1.82. The SMILES string of the molecule is CN1CCC(CN)C1c1cnn(-c2ccccc2)c1. The Morgan fingerprint density at radius 1 is 1.32 bits per heavy atom. The quantitative estimate of drug-likeness (QED) is 0.911. The summed E-state index contributed by atoms with van der Waals surface area (Å²) < 4.78 is 1.94. The number of para-hydroxylation sites is 1. The maximum absolute atomic E-state index is 5.89. The summed E-state index contributed by atoms with van der Waals surface area (Å²) in [6.45, 7) is 1.86. The van der Waals surface area contributed by atoms with Gasteiger partial charge in [0.05, 0.1) is 11.9 Å². The van der Waals surface area contributed by atoms with E-state index in [2.05, 4.69) is 35.4 Å². The number of rotatable bonds is 3. The van der Waals surface area contributed by atoms with Gasteiger partial charge >= 0.3 is 0 Å². The van der Waals surface area contributed by atoms with Crippen LogP contribution in [0.5, 0.6) is 0 Å². The van der Waals surface area contributed by atoms with Crippen LogP contribution in [0.2, 0.25) is 0 Å². The van der Waals surface area contributed by atoms with Crippen LogP contribution in [0.4, 0.5) is 0 Å². The summed E-state index contributed by atoms with van der Waals surface area (Å²) >= 11 is 0. The largest absolute Gasteiger partial charge is 0.330 e. The van der Waals surface area contributed by atoms with E-state index in [1.54, 1.807) is 0 Å². The molecule has 1 aliphatic rings. The fourth-order valence-corrected chi connectivity index (χ4v) is 3.01. The second-order valence-electron chi connectivity index (χ2n) is 5.26. The van der Waals surface area contributed by atoms with Gasteiger partial charge in [-0.05, 0) is 44.6 Å². The summed E-state index contributed by atoms with van der Waals surface area (Å²) in [6.07, 6.45) is 5.28. The molecule has 0 saturated carbocycles. The third-order valence-electron chi connectivity index (χ3n) is 4.04. The molecule has 4 heteroatoms. The van der Waals surface area contributed by atoms with Crippen molar-refractivity contribution in [2.75, 3.05) is 20.1 Å². The molecule has 0 aliphatic carbocycles. The van der Waals surface area contributed by atoms with Crippen LogP contribution in [0.1, 0.15) is 18.0 Å². The Hall–Kier alpha value is -1.65. The van der Waals surface area contributed by atoms with Crippen molar-refractivity contribution in [2.24, 2.45) is 11.7 Å². The van der Waals surface area contributed by atoms with Crippen molar-refractivity contribution in [3.05, 3.63) is 48.3 Å². The van der Waals surface area contributed by atoms with Gasteiger partial charge in [-0.25, -0.2) is 4.68 Å². The highest BCUT2D eigenvalue weighted by molar-refractivity contribution is 5.31. The van der Waals surface area contributed by atoms with Crippen LogP contribution in [0.15, 0.2) is 42.7 Å². The van der Waals surface area contributed by atoms with Gasteiger partial charge in [-0.1, -0.05) is 18.2 Å². The highest BCUT2D eigenvalue weighted by Gasteiger charge is 2.32. The van der Waals surface area contributed by atoms with Crippen molar-refractivity contribution in [1.82, 2.24) is 14.7 Å². The lowest BCUT2D eigenvalue weighted by molar-refractivity contribution is 0.279. The Labute approximate surface area is 113 Å². The third-order valence-corrected chi connectivity index (χ3v) is 4.04. The van der Waals surface area contributed by atoms with Crippen LogP contribution in [-0.4, -0.2) is 34.8 Å². The first-order chi connectivity index (χ1) is 9.29. The summed E-state index contributed by atoms with van der Waals surface area (Å²) in [5, 5.41) is 4.48. The molecular formula is C15H20N4. The Balaban J connectivity index is 1.89. The average Bonchev–Trinajstić information content (AvgIpc) is 3.05. The van der Waals surface area contributed by atoms with Crippen molar-refractivity contribution in [3.63, 3.8) is 0 Å². The van der Waals surface area contributed by atoms with Crippen molar-refractivity contribution in [3.8, 4) is 5.69 Å². The molecule has 19 heavy (non-hydrogen) atoms. The fourth-order valence-electron chi connectivity index (χ4n) is 3.01. The summed E-state index contributed by atoms with van der Waals surface area (Å²) in [7, 11) is 2.17. The second kappa shape index (κ2) is 5.15. The summed E-state index contributed by atoms with van der Waals surface area (Å²) in [5.41, 5.74) is 8.25. The molecule has 1 saturated heterocycles. The normalized spacial score (nSPS) is 23.9. The van der Waals surface area contributed by atoms with Crippen LogP contribution in [0.25, 0.3) is 5.69 Å². The maximum atomic E-state index is 5.89. The number of nitrogens with zero attached hydrogens (tertiary/aromatic N) is 3. The first-order valence-electron chi connectivity index (χ1n) is 6.80. The number of nitrogens with two attached hydrogens (primary N) is 1. The maximum Gasteiger partial charge on any atom is 0.0645 e. The van der Waals surface area contributed by atoms with Crippen molar-refractivity contribution in [1.29, 1.82) is 0 Å². The zero-order valence-electron chi connectivity index (χ0n) is 11.2. The molecule has 2 aromatic rings. The minimum atomic E-state index is 0.405. The molecular weight excluding hydrogens is 236 g/mol. The molecule has 2 heterocycles. The zero-order chi connectivity index (χ0) is 13.2. The van der Waals surface area contributed by atoms with E-state index in [-0.39, 0.29) is 0 Å². The van der Waals surface area contributed by atoms with E-state index in [4.69, 9.17) is 5.73 Å². The Morgan fingerprint density at radius 2 is 2.11 bits per heavy atom.